The Kier molecular flexibility index (Phi) is 12.9. The fraction of sp³-hybridized carbons (Fsp3) is 0.327. The molecule has 4 aromatic rings. The maximum Gasteiger partial charge on any atom is 0.246 e. The highest BCUT2D eigenvalue weighted by Gasteiger charge is 2.21. The summed E-state index contributed by atoms with van der Waals surface area (Å²) >= 11 is 0. The standard InChI is InChI=1S/C49H56N4O3/c1-32(2)45(54)19-12-10-9-11-16-38-37-17-13-14-18-39(37)44(31-50-26-15-27-51-49(55)33(3)4)40-23-20-34(28-43(38)40)48-41-24-21-35(52(5)6)29-46(41)56-47-30-36(53(7)8)22-25-42(47)48/h13-14,17-18,20-25,28-30,50H,1,3,9-12,15-16,19,26-27,31H2,2,4-8H3/p+1. The van der Waals surface area contributed by atoms with Crippen LogP contribution in [0.2, 0.25) is 0 Å². The number of unbranched alkanes of at least 4 members (excludes halogenated alkanes) is 3. The Labute approximate surface area is 331 Å². The van der Waals surface area contributed by atoms with Crippen LogP contribution < -0.4 is 25.5 Å². The number of anilines is 1. The lowest BCUT2D eigenvalue weighted by molar-refractivity contribution is -0.117. The van der Waals surface area contributed by atoms with E-state index in [0.717, 1.165) is 89.5 Å². The van der Waals surface area contributed by atoms with Crippen LogP contribution in [0.15, 0.2) is 108 Å². The zero-order valence-electron chi connectivity index (χ0n) is 34.1. The Hall–Kier alpha value is -5.53. The normalized spacial score (nSPS) is 11.4. The minimum atomic E-state index is -0.0994. The lowest BCUT2D eigenvalue weighted by Gasteiger charge is -2.21. The first-order valence-corrected chi connectivity index (χ1v) is 19.9. The molecule has 0 unspecified atom stereocenters. The smallest absolute Gasteiger partial charge is 0.246 e. The average molecular weight is 750 g/mol. The van der Waals surface area contributed by atoms with Gasteiger partial charge < -0.3 is 20.0 Å². The van der Waals surface area contributed by atoms with Crippen LogP contribution in [-0.4, -0.2) is 53.0 Å². The molecule has 0 bridgehead atoms. The van der Waals surface area contributed by atoms with Crippen LogP contribution in [0.1, 0.15) is 63.5 Å². The third-order valence-corrected chi connectivity index (χ3v) is 10.8. The molecule has 2 aliphatic rings. The van der Waals surface area contributed by atoms with Gasteiger partial charge in [0, 0.05) is 73.5 Å². The lowest BCUT2D eigenvalue weighted by atomic mass is 9.86. The summed E-state index contributed by atoms with van der Waals surface area (Å²) in [4.78, 5) is 26.3. The molecule has 2 N–H and O–H groups in total. The van der Waals surface area contributed by atoms with Crippen molar-refractivity contribution in [3.8, 4) is 22.5 Å². The molecule has 1 aliphatic carbocycles. The summed E-state index contributed by atoms with van der Waals surface area (Å²) in [5, 5.41) is 13.8. The fourth-order valence-corrected chi connectivity index (χ4v) is 7.64. The Bertz CT molecular complexity index is 2480. The predicted molar refractivity (Wildman–Crippen MR) is 235 cm³/mol. The molecule has 1 heterocycles. The number of carbonyl (C=O) groups excluding carboxylic acids is 2. The summed E-state index contributed by atoms with van der Waals surface area (Å²) in [5.74, 6) is 0.917. The number of nitrogens with one attached hydrogen (secondary N) is 2. The van der Waals surface area contributed by atoms with E-state index in [1.165, 1.54) is 32.7 Å². The summed E-state index contributed by atoms with van der Waals surface area (Å²) in [6.07, 6.45) is 6.34. The van der Waals surface area contributed by atoms with Crippen molar-refractivity contribution in [1.82, 2.24) is 15.2 Å². The first kappa shape index (κ1) is 40.1. The Morgan fingerprint density at radius 2 is 1.45 bits per heavy atom. The van der Waals surface area contributed by atoms with Gasteiger partial charge in [-0.25, -0.2) is 4.58 Å². The van der Waals surface area contributed by atoms with Crippen molar-refractivity contribution in [3.63, 3.8) is 0 Å². The second-order valence-corrected chi connectivity index (χ2v) is 15.6. The van der Waals surface area contributed by atoms with Crippen LogP contribution in [0, 0.1) is 0 Å². The molecule has 0 fully saturated rings. The molecule has 4 aromatic carbocycles. The van der Waals surface area contributed by atoms with Crippen molar-refractivity contribution >= 4 is 49.9 Å². The number of allylic oxidation sites excluding steroid dienone is 1. The van der Waals surface area contributed by atoms with Crippen molar-refractivity contribution in [1.29, 1.82) is 0 Å². The van der Waals surface area contributed by atoms with Crippen LogP contribution in [0.5, 0.6) is 0 Å². The van der Waals surface area contributed by atoms with Gasteiger partial charge in [-0.1, -0.05) is 62.4 Å². The number of hydrogen-bond acceptors (Lipinski definition) is 5. The van der Waals surface area contributed by atoms with Gasteiger partial charge in [-0.3, -0.25) is 9.59 Å². The van der Waals surface area contributed by atoms with Crippen molar-refractivity contribution in [3.05, 3.63) is 120 Å². The number of fused-ring (bicyclic) bond motifs is 4. The van der Waals surface area contributed by atoms with Crippen molar-refractivity contribution in [2.24, 2.45) is 0 Å². The molecule has 0 saturated carbocycles. The third kappa shape index (κ3) is 8.95. The molecule has 0 aromatic heterocycles. The van der Waals surface area contributed by atoms with E-state index in [1.807, 2.05) is 0 Å². The van der Waals surface area contributed by atoms with E-state index in [9.17, 15) is 9.59 Å². The molecule has 6 rings (SSSR count). The summed E-state index contributed by atoms with van der Waals surface area (Å²) in [6, 6.07) is 28.8. The van der Waals surface area contributed by atoms with Gasteiger partial charge in [0.05, 0.1) is 6.07 Å². The van der Waals surface area contributed by atoms with E-state index < -0.39 is 0 Å². The molecule has 290 valence electrons. The highest BCUT2D eigenvalue weighted by Crippen LogP contribution is 2.43. The van der Waals surface area contributed by atoms with Crippen LogP contribution in [0.3, 0.4) is 0 Å². The van der Waals surface area contributed by atoms with Crippen molar-refractivity contribution < 1.29 is 14.0 Å². The molecule has 0 saturated heterocycles. The van der Waals surface area contributed by atoms with E-state index in [0.29, 0.717) is 30.7 Å². The maximum absolute atomic E-state index is 12.2. The van der Waals surface area contributed by atoms with E-state index in [2.05, 4.69) is 140 Å². The van der Waals surface area contributed by atoms with Crippen molar-refractivity contribution in [2.45, 2.75) is 65.3 Å². The molecular weight excluding hydrogens is 693 g/mol. The van der Waals surface area contributed by atoms with Gasteiger partial charge in [-0.2, -0.15) is 0 Å². The van der Waals surface area contributed by atoms with Crippen LogP contribution >= 0.6 is 0 Å². The topological polar surface area (TPSA) is 77.6 Å². The van der Waals surface area contributed by atoms with Gasteiger partial charge in [-0.15, -0.1) is 0 Å². The lowest BCUT2D eigenvalue weighted by Crippen LogP contribution is -2.27. The summed E-state index contributed by atoms with van der Waals surface area (Å²) in [5.41, 5.74) is 9.14. The second kappa shape index (κ2) is 17.9. The molecular formula is C49H57N4O3+. The zero-order valence-corrected chi connectivity index (χ0v) is 34.1. The first-order valence-electron chi connectivity index (χ1n) is 19.9. The molecule has 7 nitrogen and oxygen atoms in total. The van der Waals surface area contributed by atoms with E-state index in [4.69, 9.17) is 4.42 Å². The monoisotopic (exact) mass is 749 g/mol. The van der Waals surface area contributed by atoms with E-state index >= 15 is 0 Å². The molecule has 1 amide bonds. The number of aryl methyl sites for hydroxylation is 1. The summed E-state index contributed by atoms with van der Waals surface area (Å²) < 4.78 is 8.78. The largest absolute Gasteiger partial charge is 0.456 e. The highest BCUT2D eigenvalue weighted by molar-refractivity contribution is 6.09. The van der Waals surface area contributed by atoms with Crippen LogP contribution in [0.4, 0.5) is 5.69 Å². The highest BCUT2D eigenvalue weighted by atomic mass is 16.3. The molecule has 0 atom stereocenters. The summed E-state index contributed by atoms with van der Waals surface area (Å²) in [7, 11) is 8.22. The van der Waals surface area contributed by atoms with Gasteiger partial charge in [0.2, 0.25) is 11.3 Å². The Morgan fingerprint density at radius 3 is 2.16 bits per heavy atom. The number of nitrogens with zero attached hydrogens (tertiary/aromatic N) is 2. The Balaban J connectivity index is 1.46. The van der Waals surface area contributed by atoms with E-state index in [-0.39, 0.29) is 11.7 Å². The molecule has 0 spiro atoms. The Morgan fingerprint density at radius 1 is 0.732 bits per heavy atom. The minimum Gasteiger partial charge on any atom is -0.456 e. The van der Waals surface area contributed by atoms with Gasteiger partial charge >= 0.3 is 0 Å². The number of benzene rings is 5. The second-order valence-electron chi connectivity index (χ2n) is 15.6. The third-order valence-electron chi connectivity index (χ3n) is 10.8. The number of rotatable bonds is 17. The first-order chi connectivity index (χ1) is 26.9. The molecule has 1 aliphatic heterocycles. The average Bonchev–Trinajstić information content (AvgIpc) is 3.18. The van der Waals surface area contributed by atoms with Gasteiger partial charge in [0.15, 0.2) is 5.78 Å². The molecule has 0 radical (unpaired) electrons. The molecule has 7 heteroatoms. The SMILES string of the molecule is C=C(C)C(=O)CCCCCCc1c2ccccc2c(CNCCCNC(=O)C(=C)C)c2ccc(-c3c4ccc(=[N+](C)C)cc-4oc4cc(N(C)C)ccc34)cc12. The van der Waals surface area contributed by atoms with E-state index in [1.54, 1.807) is 13.8 Å². The van der Waals surface area contributed by atoms with Gasteiger partial charge in [-0.05, 0) is 114 Å². The van der Waals surface area contributed by atoms with Gasteiger partial charge in [0.25, 0.3) is 0 Å². The quantitative estimate of drug-likeness (QED) is 0.0421. The number of ketones is 1. The minimum absolute atomic E-state index is 0.0994. The summed E-state index contributed by atoms with van der Waals surface area (Å²) in [6.45, 7) is 13.2. The number of carbonyl (C=O) groups is 2. The van der Waals surface area contributed by atoms with Crippen LogP contribution in [-0.2, 0) is 22.6 Å². The van der Waals surface area contributed by atoms with Gasteiger partial charge in [0.1, 0.15) is 25.4 Å². The number of amides is 1. The number of Topliss-reactive ketones (excluding diaryl/α,β-unsaturated/α-hetero) is 1. The molecule has 56 heavy (non-hydrogen) atoms. The number of hydrogen-bond donors (Lipinski definition) is 2. The van der Waals surface area contributed by atoms with Crippen molar-refractivity contribution in [2.75, 3.05) is 46.2 Å². The zero-order chi connectivity index (χ0) is 39.9. The fourth-order valence-electron chi connectivity index (χ4n) is 7.64. The predicted octanol–water partition coefficient (Wildman–Crippen LogP) is 9.42. The maximum atomic E-state index is 12.2. The van der Waals surface area contributed by atoms with Crippen LogP contribution in [0.25, 0.3) is 55.0 Å².